The Balaban J connectivity index is 1.55. The first-order chi connectivity index (χ1) is 12.7. The predicted molar refractivity (Wildman–Crippen MR) is 106 cm³/mol. The SMILES string of the molecule is COc1ccc2nc(-c3ccc(NC(=O)c4ccccc4)cc3)sc2c1. The number of carbonyl (C=O) groups is 1. The van der Waals surface area contributed by atoms with Gasteiger partial charge in [0.05, 0.1) is 17.3 Å². The van der Waals surface area contributed by atoms with E-state index in [9.17, 15) is 4.79 Å². The Kier molecular flexibility index (Phi) is 4.37. The average Bonchev–Trinajstić information content (AvgIpc) is 3.12. The smallest absolute Gasteiger partial charge is 0.255 e. The van der Waals surface area contributed by atoms with E-state index < -0.39 is 0 Å². The van der Waals surface area contributed by atoms with Crippen LogP contribution >= 0.6 is 11.3 Å². The van der Waals surface area contributed by atoms with E-state index in [4.69, 9.17) is 4.74 Å². The molecule has 3 aromatic carbocycles. The third-order valence-corrected chi connectivity index (χ3v) is 5.09. The number of rotatable bonds is 4. The summed E-state index contributed by atoms with van der Waals surface area (Å²) in [5.74, 6) is 0.706. The minimum Gasteiger partial charge on any atom is -0.497 e. The number of fused-ring (bicyclic) bond motifs is 1. The first-order valence-corrected chi connectivity index (χ1v) is 8.96. The van der Waals surface area contributed by atoms with Crippen LogP contribution < -0.4 is 10.1 Å². The number of methoxy groups -OCH3 is 1. The van der Waals surface area contributed by atoms with Crippen molar-refractivity contribution in [3.05, 3.63) is 78.4 Å². The van der Waals surface area contributed by atoms with Crippen molar-refractivity contribution in [3.63, 3.8) is 0 Å². The molecule has 1 amide bonds. The monoisotopic (exact) mass is 360 g/mol. The molecule has 0 spiro atoms. The maximum Gasteiger partial charge on any atom is 0.255 e. The van der Waals surface area contributed by atoms with Gasteiger partial charge in [0.25, 0.3) is 5.91 Å². The third kappa shape index (κ3) is 3.30. The van der Waals surface area contributed by atoms with Crippen LogP contribution in [0.2, 0.25) is 0 Å². The standard InChI is InChI=1S/C21H16N2O2S/c1-25-17-11-12-18-19(13-17)26-21(23-18)15-7-9-16(10-8-15)22-20(24)14-5-3-2-4-6-14/h2-13H,1H3,(H,22,24). The number of nitrogens with zero attached hydrogens (tertiary/aromatic N) is 1. The number of carbonyl (C=O) groups excluding carboxylic acids is 1. The molecule has 0 aliphatic rings. The zero-order valence-corrected chi connectivity index (χ0v) is 14.9. The fourth-order valence-corrected chi connectivity index (χ4v) is 3.64. The molecule has 1 aromatic heterocycles. The Bertz CT molecular complexity index is 1060. The Morgan fingerprint density at radius 2 is 1.77 bits per heavy atom. The Morgan fingerprint density at radius 1 is 1.00 bits per heavy atom. The summed E-state index contributed by atoms with van der Waals surface area (Å²) in [6, 6.07) is 22.7. The highest BCUT2D eigenvalue weighted by Gasteiger charge is 2.09. The molecule has 0 aliphatic heterocycles. The molecular formula is C21H16N2O2S. The van der Waals surface area contributed by atoms with E-state index in [1.54, 1.807) is 30.6 Å². The number of ether oxygens (including phenoxy) is 1. The van der Waals surface area contributed by atoms with Crippen molar-refractivity contribution in [1.29, 1.82) is 0 Å². The number of hydrogen-bond acceptors (Lipinski definition) is 4. The molecule has 4 rings (SSSR count). The molecule has 0 saturated carbocycles. The zero-order valence-electron chi connectivity index (χ0n) is 14.1. The van der Waals surface area contributed by atoms with Crippen molar-refractivity contribution in [2.75, 3.05) is 12.4 Å². The number of aromatic nitrogens is 1. The fraction of sp³-hybridized carbons (Fsp3) is 0.0476. The summed E-state index contributed by atoms with van der Waals surface area (Å²) in [5, 5.41) is 3.85. The van der Waals surface area contributed by atoms with E-state index in [1.165, 1.54) is 0 Å². The van der Waals surface area contributed by atoms with Gasteiger partial charge in [-0.2, -0.15) is 0 Å². The summed E-state index contributed by atoms with van der Waals surface area (Å²) < 4.78 is 6.35. The lowest BCUT2D eigenvalue weighted by molar-refractivity contribution is 0.102. The topological polar surface area (TPSA) is 51.2 Å². The molecule has 1 N–H and O–H groups in total. The lowest BCUT2D eigenvalue weighted by atomic mass is 10.2. The van der Waals surface area contributed by atoms with Crippen molar-refractivity contribution >= 4 is 33.1 Å². The zero-order chi connectivity index (χ0) is 17.9. The van der Waals surface area contributed by atoms with E-state index in [0.29, 0.717) is 5.56 Å². The Morgan fingerprint density at radius 3 is 2.50 bits per heavy atom. The predicted octanol–water partition coefficient (Wildman–Crippen LogP) is 5.22. The van der Waals surface area contributed by atoms with Gasteiger partial charge in [0.15, 0.2) is 0 Å². The van der Waals surface area contributed by atoms with Gasteiger partial charge in [-0.3, -0.25) is 4.79 Å². The second-order valence-electron chi connectivity index (χ2n) is 5.75. The summed E-state index contributed by atoms with van der Waals surface area (Å²) in [6.45, 7) is 0. The van der Waals surface area contributed by atoms with E-state index in [0.717, 1.165) is 32.2 Å². The van der Waals surface area contributed by atoms with Crippen molar-refractivity contribution < 1.29 is 9.53 Å². The van der Waals surface area contributed by atoms with Gasteiger partial charge >= 0.3 is 0 Å². The second kappa shape index (κ2) is 6.98. The van der Waals surface area contributed by atoms with Gasteiger partial charge in [-0.25, -0.2) is 4.98 Å². The number of nitrogens with one attached hydrogen (secondary N) is 1. The normalized spacial score (nSPS) is 10.7. The maximum absolute atomic E-state index is 12.2. The number of anilines is 1. The summed E-state index contributed by atoms with van der Waals surface area (Å²) >= 11 is 1.62. The van der Waals surface area contributed by atoms with Crippen LogP contribution in [-0.4, -0.2) is 18.0 Å². The molecule has 1 heterocycles. The lowest BCUT2D eigenvalue weighted by Crippen LogP contribution is -2.11. The third-order valence-electron chi connectivity index (χ3n) is 4.02. The van der Waals surface area contributed by atoms with Crippen LogP contribution in [0.15, 0.2) is 72.8 Å². The molecule has 0 unspecified atom stereocenters. The summed E-state index contributed by atoms with van der Waals surface area (Å²) in [7, 11) is 1.66. The minimum atomic E-state index is -0.120. The molecule has 0 atom stereocenters. The van der Waals surface area contributed by atoms with Crippen LogP contribution in [0.3, 0.4) is 0 Å². The van der Waals surface area contributed by atoms with Crippen molar-refractivity contribution in [2.45, 2.75) is 0 Å². The van der Waals surface area contributed by atoms with E-state index in [2.05, 4.69) is 10.3 Å². The van der Waals surface area contributed by atoms with Gasteiger partial charge in [-0.05, 0) is 54.6 Å². The molecule has 0 fully saturated rings. The number of amides is 1. The Labute approximate surface area is 155 Å². The van der Waals surface area contributed by atoms with Gasteiger partial charge < -0.3 is 10.1 Å². The van der Waals surface area contributed by atoms with Gasteiger partial charge in [0.1, 0.15) is 10.8 Å². The Hall–Kier alpha value is -3.18. The van der Waals surface area contributed by atoms with Gasteiger partial charge in [0, 0.05) is 16.8 Å². The van der Waals surface area contributed by atoms with Crippen LogP contribution in [0.25, 0.3) is 20.8 Å². The summed E-state index contributed by atoms with van der Waals surface area (Å²) in [6.07, 6.45) is 0. The van der Waals surface area contributed by atoms with Gasteiger partial charge in [-0.15, -0.1) is 11.3 Å². The van der Waals surface area contributed by atoms with Gasteiger partial charge in [0.2, 0.25) is 0 Å². The highest BCUT2D eigenvalue weighted by atomic mass is 32.1. The molecular weight excluding hydrogens is 344 g/mol. The fourth-order valence-electron chi connectivity index (χ4n) is 2.64. The van der Waals surface area contributed by atoms with Crippen molar-refractivity contribution in [1.82, 2.24) is 4.98 Å². The molecule has 0 radical (unpaired) electrons. The molecule has 128 valence electrons. The molecule has 4 aromatic rings. The van der Waals surface area contributed by atoms with Crippen LogP contribution in [0.1, 0.15) is 10.4 Å². The van der Waals surface area contributed by atoms with E-state index in [1.807, 2.05) is 60.7 Å². The van der Waals surface area contributed by atoms with Crippen LogP contribution in [0.4, 0.5) is 5.69 Å². The number of thiazole rings is 1. The van der Waals surface area contributed by atoms with Crippen molar-refractivity contribution in [3.8, 4) is 16.3 Å². The highest BCUT2D eigenvalue weighted by Crippen LogP contribution is 2.32. The van der Waals surface area contributed by atoms with Gasteiger partial charge in [-0.1, -0.05) is 18.2 Å². The maximum atomic E-state index is 12.2. The van der Waals surface area contributed by atoms with E-state index >= 15 is 0 Å². The molecule has 4 nitrogen and oxygen atoms in total. The lowest BCUT2D eigenvalue weighted by Gasteiger charge is -2.05. The molecule has 26 heavy (non-hydrogen) atoms. The molecule has 0 saturated heterocycles. The first kappa shape index (κ1) is 16.3. The van der Waals surface area contributed by atoms with Crippen LogP contribution in [-0.2, 0) is 0 Å². The van der Waals surface area contributed by atoms with E-state index in [-0.39, 0.29) is 5.91 Å². The summed E-state index contributed by atoms with van der Waals surface area (Å²) in [5.41, 5.74) is 3.36. The quantitative estimate of drug-likeness (QED) is 0.542. The molecule has 5 heteroatoms. The minimum absolute atomic E-state index is 0.120. The average molecular weight is 360 g/mol. The number of hydrogen-bond donors (Lipinski definition) is 1. The van der Waals surface area contributed by atoms with Crippen LogP contribution in [0, 0.1) is 0 Å². The van der Waals surface area contributed by atoms with Crippen molar-refractivity contribution in [2.24, 2.45) is 0 Å². The summed E-state index contributed by atoms with van der Waals surface area (Å²) in [4.78, 5) is 16.9. The highest BCUT2D eigenvalue weighted by molar-refractivity contribution is 7.21. The van der Waals surface area contributed by atoms with Crippen LogP contribution in [0.5, 0.6) is 5.75 Å². The largest absolute Gasteiger partial charge is 0.497 e. The second-order valence-corrected chi connectivity index (χ2v) is 6.78. The molecule has 0 aliphatic carbocycles. The first-order valence-electron chi connectivity index (χ1n) is 8.14. The molecule has 0 bridgehead atoms. The number of benzene rings is 3.